The molecule has 4 rings (SSSR count). The molecule has 2 aliphatic heterocycles. The van der Waals surface area contributed by atoms with Gasteiger partial charge in [-0.25, -0.2) is 14.4 Å². The Morgan fingerprint density at radius 1 is 1.12 bits per heavy atom. The second-order valence-electron chi connectivity index (χ2n) is 6.02. The lowest BCUT2D eigenvalue weighted by atomic mass is 10.1. The molecular formula is C20H17FN4O. The number of benzene rings is 2. The van der Waals surface area contributed by atoms with E-state index in [1.54, 1.807) is 18.3 Å². The molecule has 0 aliphatic carbocycles. The summed E-state index contributed by atoms with van der Waals surface area (Å²) in [5.74, 6) is 0.467. The number of fused-ring (bicyclic) bond motifs is 1. The summed E-state index contributed by atoms with van der Waals surface area (Å²) in [4.78, 5) is 15.6. The van der Waals surface area contributed by atoms with Gasteiger partial charge in [-0.15, -0.1) is 0 Å². The zero-order valence-corrected chi connectivity index (χ0v) is 14.2. The second-order valence-corrected chi connectivity index (χ2v) is 6.02. The van der Waals surface area contributed by atoms with Crippen LogP contribution in [0.4, 0.5) is 15.8 Å². The first-order valence-electron chi connectivity index (χ1n) is 8.27. The minimum absolute atomic E-state index is 0.102. The number of nitrogens with one attached hydrogen (secondary N) is 1. The van der Waals surface area contributed by atoms with Crippen molar-refractivity contribution in [3.8, 4) is 0 Å². The van der Waals surface area contributed by atoms with Gasteiger partial charge in [0.1, 0.15) is 11.6 Å². The number of rotatable bonds is 3. The number of nitrogens with zero attached hydrogens (tertiary/aromatic N) is 3. The molecule has 0 aromatic heterocycles. The van der Waals surface area contributed by atoms with E-state index in [-0.39, 0.29) is 11.7 Å². The van der Waals surface area contributed by atoms with Crippen molar-refractivity contribution in [3.63, 3.8) is 0 Å². The van der Waals surface area contributed by atoms with Gasteiger partial charge in [-0.3, -0.25) is 9.80 Å². The molecular weight excluding hydrogens is 331 g/mol. The summed E-state index contributed by atoms with van der Waals surface area (Å²) < 4.78 is 13.3. The molecule has 2 aromatic rings. The molecule has 1 N–H and O–H groups in total. The highest BCUT2D eigenvalue weighted by Gasteiger charge is 2.29. The SMILES string of the molecule is CC(=O)Nc1ccc(N2CC=C3N=CC=C(c4ccc(F)cc4)N32)cc1. The van der Waals surface area contributed by atoms with Crippen molar-refractivity contribution in [2.75, 3.05) is 16.9 Å². The van der Waals surface area contributed by atoms with E-state index in [2.05, 4.69) is 15.3 Å². The van der Waals surface area contributed by atoms with Crippen LogP contribution in [0, 0.1) is 5.82 Å². The van der Waals surface area contributed by atoms with E-state index in [4.69, 9.17) is 0 Å². The largest absolute Gasteiger partial charge is 0.326 e. The lowest BCUT2D eigenvalue weighted by Crippen LogP contribution is -2.37. The first-order chi connectivity index (χ1) is 12.6. The van der Waals surface area contributed by atoms with Crippen LogP contribution < -0.4 is 10.3 Å². The fourth-order valence-corrected chi connectivity index (χ4v) is 3.06. The number of carbonyl (C=O) groups is 1. The molecule has 0 radical (unpaired) electrons. The highest BCUT2D eigenvalue weighted by molar-refractivity contribution is 5.89. The Bertz CT molecular complexity index is 929. The van der Waals surface area contributed by atoms with Crippen LogP contribution in [0.1, 0.15) is 12.5 Å². The van der Waals surface area contributed by atoms with E-state index in [0.29, 0.717) is 6.54 Å². The molecule has 0 saturated heterocycles. The highest BCUT2D eigenvalue weighted by Crippen LogP contribution is 2.35. The first-order valence-corrected chi connectivity index (χ1v) is 8.27. The summed E-state index contributed by atoms with van der Waals surface area (Å²) in [6.45, 7) is 2.15. The van der Waals surface area contributed by atoms with Gasteiger partial charge in [0.25, 0.3) is 0 Å². The Labute approximate surface area is 150 Å². The Morgan fingerprint density at radius 2 is 1.85 bits per heavy atom. The van der Waals surface area contributed by atoms with E-state index < -0.39 is 0 Å². The number of amides is 1. The molecule has 0 atom stereocenters. The first kappa shape index (κ1) is 16.1. The van der Waals surface area contributed by atoms with Gasteiger partial charge in [0.2, 0.25) is 5.91 Å². The number of aliphatic imine (C=N–C) groups is 1. The molecule has 5 nitrogen and oxygen atoms in total. The second kappa shape index (κ2) is 6.48. The molecule has 2 aliphatic rings. The Morgan fingerprint density at radius 3 is 2.54 bits per heavy atom. The Kier molecular flexibility index (Phi) is 4.01. The molecule has 0 spiro atoms. The topological polar surface area (TPSA) is 47.9 Å². The lowest BCUT2D eigenvalue weighted by molar-refractivity contribution is -0.114. The van der Waals surface area contributed by atoms with Crippen molar-refractivity contribution >= 4 is 29.2 Å². The van der Waals surface area contributed by atoms with Crippen molar-refractivity contribution in [3.05, 3.63) is 77.9 Å². The summed E-state index contributed by atoms with van der Waals surface area (Å²) in [7, 11) is 0. The van der Waals surface area contributed by atoms with Crippen LogP contribution >= 0.6 is 0 Å². The van der Waals surface area contributed by atoms with Crippen LogP contribution in [-0.2, 0) is 4.79 Å². The van der Waals surface area contributed by atoms with Crippen LogP contribution in [0.15, 0.2) is 71.5 Å². The molecule has 2 heterocycles. The maximum Gasteiger partial charge on any atom is 0.221 e. The predicted octanol–water partition coefficient (Wildman–Crippen LogP) is 3.79. The van der Waals surface area contributed by atoms with E-state index >= 15 is 0 Å². The molecule has 0 bridgehead atoms. The number of halogens is 1. The normalized spacial score (nSPS) is 15.5. The molecule has 1 amide bonds. The minimum atomic E-state index is -0.263. The van der Waals surface area contributed by atoms with Crippen LogP contribution in [0.5, 0.6) is 0 Å². The molecule has 6 heteroatoms. The van der Waals surface area contributed by atoms with Crippen LogP contribution in [0.2, 0.25) is 0 Å². The monoisotopic (exact) mass is 348 g/mol. The van der Waals surface area contributed by atoms with Crippen molar-refractivity contribution in [2.45, 2.75) is 6.92 Å². The zero-order valence-electron chi connectivity index (χ0n) is 14.2. The predicted molar refractivity (Wildman–Crippen MR) is 101 cm³/mol. The van der Waals surface area contributed by atoms with Gasteiger partial charge in [0, 0.05) is 24.4 Å². The smallest absolute Gasteiger partial charge is 0.221 e. The third-order valence-electron chi connectivity index (χ3n) is 4.20. The molecule has 0 saturated carbocycles. The summed E-state index contributed by atoms with van der Waals surface area (Å²) >= 11 is 0. The van der Waals surface area contributed by atoms with Gasteiger partial charge in [-0.1, -0.05) is 0 Å². The Balaban J connectivity index is 1.64. The average molecular weight is 348 g/mol. The minimum Gasteiger partial charge on any atom is -0.326 e. The molecule has 26 heavy (non-hydrogen) atoms. The van der Waals surface area contributed by atoms with Crippen LogP contribution in [0.3, 0.4) is 0 Å². The summed E-state index contributed by atoms with van der Waals surface area (Å²) in [5, 5.41) is 6.86. The van der Waals surface area contributed by atoms with Gasteiger partial charge >= 0.3 is 0 Å². The van der Waals surface area contributed by atoms with E-state index in [9.17, 15) is 9.18 Å². The average Bonchev–Trinajstić information content (AvgIpc) is 3.07. The van der Waals surface area contributed by atoms with E-state index in [1.807, 2.05) is 41.4 Å². The maximum atomic E-state index is 13.3. The fourth-order valence-electron chi connectivity index (χ4n) is 3.06. The lowest BCUT2D eigenvalue weighted by Gasteiger charge is -2.35. The molecule has 2 aromatic carbocycles. The number of anilines is 2. The number of hydrogen-bond donors (Lipinski definition) is 1. The van der Waals surface area contributed by atoms with Gasteiger partial charge in [0.15, 0.2) is 0 Å². The Hall–Kier alpha value is -3.41. The number of carbonyl (C=O) groups excluding carboxylic acids is 1. The van der Waals surface area contributed by atoms with E-state index in [1.165, 1.54) is 19.1 Å². The van der Waals surface area contributed by atoms with Crippen molar-refractivity contribution in [1.29, 1.82) is 0 Å². The van der Waals surface area contributed by atoms with Gasteiger partial charge in [0.05, 0.1) is 17.9 Å². The quantitative estimate of drug-likeness (QED) is 0.918. The third-order valence-corrected chi connectivity index (χ3v) is 4.20. The maximum absolute atomic E-state index is 13.3. The highest BCUT2D eigenvalue weighted by atomic mass is 19.1. The van der Waals surface area contributed by atoms with Crippen molar-refractivity contribution < 1.29 is 9.18 Å². The van der Waals surface area contributed by atoms with Gasteiger partial charge in [-0.05, 0) is 60.7 Å². The summed E-state index contributed by atoms with van der Waals surface area (Å²) in [6, 6.07) is 14.0. The van der Waals surface area contributed by atoms with Gasteiger partial charge in [-0.2, -0.15) is 0 Å². The zero-order chi connectivity index (χ0) is 18.1. The van der Waals surface area contributed by atoms with Gasteiger partial charge < -0.3 is 5.32 Å². The number of hydrazine groups is 1. The van der Waals surface area contributed by atoms with Crippen molar-refractivity contribution in [1.82, 2.24) is 5.01 Å². The van der Waals surface area contributed by atoms with Crippen LogP contribution in [-0.4, -0.2) is 23.7 Å². The standard InChI is InChI=1S/C20H17FN4O/c1-14(26)23-17-6-8-18(9-7-17)24-13-11-20-22-12-10-19(25(20)24)15-2-4-16(21)5-3-15/h2-12H,13H2,1H3,(H,23,26). The number of hydrogen-bond acceptors (Lipinski definition) is 4. The molecule has 130 valence electrons. The van der Waals surface area contributed by atoms with E-state index in [0.717, 1.165) is 28.5 Å². The molecule has 0 unspecified atom stereocenters. The molecule has 0 fully saturated rings. The summed E-state index contributed by atoms with van der Waals surface area (Å²) in [5.41, 5.74) is 3.55. The fraction of sp³-hybridized carbons (Fsp3) is 0.100. The van der Waals surface area contributed by atoms with Crippen molar-refractivity contribution in [2.24, 2.45) is 4.99 Å². The van der Waals surface area contributed by atoms with Crippen LogP contribution in [0.25, 0.3) is 5.70 Å². The summed E-state index contributed by atoms with van der Waals surface area (Å²) in [6.07, 6.45) is 5.70. The number of allylic oxidation sites excluding steroid dienone is 1. The third kappa shape index (κ3) is 2.97.